The monoisotopic (exact) mass is 207 g/mol. The minimum absolute atomic E-state index is 0.152. The fourth-order valence-electron chi connectivity index (χ4n) is 1.88. The zero-order valence-electron chi connectivity index (χ0n) is 9.02. The van der Waals surface area contributed by atoms with E-state index in [4.69, 9.17) is 4.74 Å². The molecule has 0 bridgehead atoms. The Morgan fingerprint density at radius 3 is 2.80 bits per heavy atom. The van der Waals surface area contributed by atoms with Crippen molar-refractivity contribution in [2.45, 2.75) is 13.0 Å². The van der Waals surface area contributed by atoms with Gasteiger partial charge in [0.05, 0.1) is 12.7 Å². The van der Waals surface area contributed by atoms with Gasteiger partial charge in [0.25, 0.3) is 0 Å². The van der Waals surface area contributed by atoms with Crippen molar-refractivity contribution in [1.29, 1.82) is 0 Å². The van der Waals surface area contributed by atoms with Gasteiger partial charge in [0.15, 0.2) is 0 Å². The molecule has 3 heteroatoms. The number of morpholine rings is 1. The third-order valence-corrected chi connectivity index (χ3v) is 2.86. The van der Waals surface area contributed by atoms with Gasteiger partial charge in [-0.25, -0.2) is 0 Å². The van der Waals surface area contributed by atoms with Gasteiger partial charge in [-0.15, -0.1) is 0 Å². The van der Waals surface area contributed by atoms with Crippen molar-refractivity contribution in [1.82, 2.24) is 4.90 Å². The summed E-state index contributed by atoms with van der Waals surface area (Å²) >= 11 is 0. The predicted octanol–water partition coefficient (Wildman–Crippen LogP) is 1.79. The molecule has 1 aliphatic heterocycles. The molecule has 1 fully saturated rings. The molecule has 2 rings (SSSR count). The zero-order chi connectivity index (χ0) is 10.7. The van der Waals surface area contributed by atoms with Crippen LogP contribution in [0.2, 0.25) is 0 Å². The van der Waals surface area contributed by atoms with E-state index < -0.39 is 0 Å². The van der Waals surface area contributed by atoms with Crippen molar-refractivity contribution in [2.75, 3.05) is 26.2 Å². The second kappa shape index (κ2) is 4.64. The largest absolute Gasteiger partial charge is 0.508 e. The summed E-state index contributed by atoms with van der Waals surface area (Å²) in [6, 6.07) is 7.28. The molecule has 3 nitrogen and oxygen atoms in total. The van der Waals surface area contributed by atoms with Crippen molar-refractivity contribution < 1.29 is 9.84 Å². The number of benzene rings is 1. The maximum atomic E-state index is 9.20. The highest BCUT2D eigenvalue weighted by molar-refractivity contribution is 5.27. The normalized spacial score (nSPS) is 22.9. The summed E-state index contributed by atoms with van der Waals surface area (Å²) in [6.07, 6.45) is 0.152. The summed E-state index contributed by atoms with van der Waals surface area (Å²) in [4.78, 5) is 2.38. The number of aromatic hydroxyl groups is 1. The van der Waals surface area contributed by atoms with Crippen molar-refractivity contribution in [2.24, 2.45) is 0 Å². The summed E-state index contributed by atoms with van der Waals surface area (Å²) in [5.74, 6) is 0.307. The highest BCUT2D eigenvalue weighted by Crippen LogP contribution is 2.23. The number of hydrogen-bond acceptors (Lipinski definition) is 3. The molecule has 0 saturated carbocycles. The average molecular weight is 207 g/mol. The molecule has 15 heavy (non-hydrogen) atoms. The zero-order valence-corrected chi connectivity index (χ0v) is 9.02. The number of likely N-dealkylation sites (N-methyl/N-ethyl adjacent to an activating group) is 1. The Balaban J connectivity index is 2.06. The average Bonchev–Trinajstić information content (AvgIpc) is 2.30. The smallest absolute Gasteiger partial charge is 0.115 e. The molecule has 82 valence electrons. The maximum Gasteiger partial charge on any atom is 0.115 e. The van der Waals surface area contributed by atoms with E-state index in [9.17, 15) is 5.11 Å². The van der Waals surface area contributed by atoms with E-state index in [2.05, 4.69) is 11.8 Å². The number of ether oxygens (including phenoxy) is 1. The predicted molar refractivity (Wildman–Crippen MR) is 58.9 cm³/mol. The molecule has 0 aromatic heterocycles. The molecule has 0 unspecified atom stereocenters. The fraction of sp³-hybridized carbons (Fsp3) is 0.500. The molecule has 0 radical (unpaired) electrons. The van der Waals surface area contributed by atoms with E-state index in [1.807, 2.05) is 12.1 Å². The van der Waals surface area contributed by atoms with Crippen LogP contribution >= 0.6 is 0 Å². The minimum Gasteiger partial charge on any atom is -0.508 e. The van der Waals surface area contributed by atoms with Crippen molar-refractivity contribution in [3.63, 3.8) is 0 Å². The van der Waals surface area contributed by atoms with Crippen LogP contribution in [0.15, 0.2) is 24.3 Å². The van der Waals surface area contributed by atoms with E-state index in [0.717, 1.165) is 31.8 Å². The number of nitrogens with zero attached hydrogens (tertiary/aromatic N) is 1. The highest BCUT2D eigenvalue weighted by Gasteiger charge is 2.20. The molecule has 1 atom stereocenters. The van der Waals surface area contributed by atoms with Gasteiger partial charge in [0.1, 0.15) is 5.75 Å². The van der Waals surface area contributed by atoms with E-state index >= 15 is 0 Å². The molecular weight excluding hydrogens is 190 g/mol. The second-order valence-corrected chi connectivity index (χ2v) is 3.84. The SMILES string of the molecule is CCN1CCO[C@H](c2ccc(O)cc2)C1. The van der Waals surface area contributed by atoms with Crippen LogP contribution in [0.3, 0.4) is 0 Å². The molecule has 1 aromatic carbocycles. The lowest BCUT2D eigenvalue weighted by Gasteiger charge is -2.32. The van der Waals surface area contributed by atoms with Crippen molar-refractivity contribution >= 4 is 0 Å². The Bertz CT molecular complexity index is 310. The first-order valence-corrected chi connectivity index (χ1v) is 5.42. The molecule has 0 spiro atoms. The van der Waals surface area contributed by atoms with Gasteiger partial charge in [-0.3, -0.25) is 4.90 Å². The Morgan fingerprint density at radius 2 is 2.13 bits per heavy atom. The van der Waals surface area contributed by atoms with E-state index in [1.54, 1.807) is 12.1 Å². The summed E-state index contributed by atoms with van der Waals surface area (Å²) in [5, 5.41) is 9.20. The van der Waals surface area contributed by atoms with E-state index in [0.29, 0.717) is 5.75 Å². The van der Waals surface area contributed by atoms with Crippen molar-refractivity contribution in [3.8, 4) is 5.75 Å². The Labute approximate surface area is 90.3 Å². The first-order valence-electron chi connectivity index (χ1n) is 5.42. The van der Waals surface area contributed by atoms with Crippen LogP contribution < -0.4 is 0 Å². The molecule has 0 amide bonds. The first-order chi connectivity index (χ1) is 7.29. The number of hydrogen-bond donors (Lipinski definition) is 1. The lowest BCUT2D eigenvalue weighted by atomic mass is 10.1. The lowest BCUT2D eigenvalue weighted by molar-refractivity contribution is -0.0281. The van der Waals surface area contributed by atoms with Crippen LogP contribution in [0.25, 0.3) is 0 Å². The number of rotatable bonds is 2. The molecular formula is C12H17NO2. The van der Waals surface area contributed by atoms with Crippen LogP contribution in [-0.2, 0) is 4.74 Å². The Kier molecular flexibility index (Phi) is 3.23. The lowest BCUT2D eigenvalue weighted by Crippen LogP contribution is -2.37. The Hall–Kier alpha value is -1.06. The Morgan fingerprint density at radius 1 is 1.40 bits per heavy atom. The molecule has 1 saturated heterocycles. The molecule has 1 N–H and O–H groups in total. The quantitative estimate of drug-likeness (QED) is 0.802. The van der Waals surface area contributed by atoms with E-state index in [-0.39, 0.29) is 6.10 Å². The summed E-state index contributed by atoms with van der Waals surface area (Å²) in [5.41, 5.74) is 1.14. The van der Waals surface area contributed by atoms with Gasteiger partial charge in [-0.2, -0.15) is 0 Å². The maximum absolute atomic E-state index is 9.20. The van der Waals surface area contributed by atoms with Crippen LogP contribution in [0.4, 0.5) is 0 Å². The summed E-state index contributed by atoms with van der Waals surface area (Å²) in [7, 11) is 0. The first kappa shape index (κ1) is 10.5. The topological polar surface area (TPSA) is 32.7 Å². The third-order valence-electron chi connectivity index (χ3n) is 2.86. The van der Waals surface area contributed by atoms with Crippen LogP contribution in [0.5, 0.6) is 5.75 Å². The standard InChI is InChI=1S/C12H17NO2/c1-2-13-7-8-15-12(9-13)10-3-5-11(14)6-4-10/h3-6,12,14H,2,7-9H2,1H3/t12-/m0/s1. The van der Waals surface area contributed by atoms with E-state index in [1.165, 1.54) is 0 Å². The highest BCUT2D eigenvalue weighted by atomic mass is 16.5. The van der Waals surface area contributed by atoms with Crippen LogP contribution in [0.1, 0.15) is 18.6 Å². The fourth-order valence-corrected chi connectivity index (χ4v) is 1.88. The van der Waals surface area contributed by atoms with Crippen molar-refractivity contribution in [3.05, 3.63) is 29.8 Å². The van der Waals surface area contributed by atoms with Gasteiger partial charge in [0, 0.05) is 13.1 Å². The summed E-state index contributed by atoms with van der Waals surface area (Å²) in [6.45, 7) is 5.99. The van der Waals surface area contributed by atoms with Crippen LogP contribution in [0, 0.1) is 0 Å². The molecule has 0 aliphatic carbocycles. The number of phenolic OH excluding ortho intramolecular Hbond substituents is 1. The van der Waals surface area contributed by atoms with Gasteiger partial charge in [-0.05, 0) is 24.2 Å². The van der Waals surface area contributed by atoms with Gasteiger partial charge >= 0.3 is 0 Å². The van der Waals surface area contributed by atoms with Gasteiger partial charge in [0.2, 0.25) is 0 Å². The molecule has 1 heterocycles. The minimum atomic E-state index is 0.152. The second-order valence-electron chi connectivity index (χ2n) is 3.84. The number of phenols is 1. The third kappa shape index (κ3) is 2.49. The summed E-state index contributed by atoms with van der Waals surface area (Å²) < 4.78 is 5.71. The van der Waals surface area contributed by atoms with Crippen LogP contribution in [-0.4, -0.2) is 36.2 Å². The van der Waals surface area contributed by atoms with Gasteiger partial charge < -0.3 is 9.84 Å². The molecule has 1 aliphatic rings. The molecule has 1 aromatic rings. The van der Waals surface area contributed by atoms with Gasteiger partial charge in [-0.1, -0.05) is 19.1 Å².